The summed E-state index contributed by atoms with van der Waals surface area (Å²) in [5.74, 6) is 3.01. The SMILES string of the molecule is CC1CCn2nc(CCN3CCN(C)CC3)nc2C1. The fraction of sp³-hybridized carbons (Fsp3) is 0.857. The maximum atomic E-state index is 4.72. The molecule has 1 aromatic rings. The molecule has 1 saturated heterocycles. The topological polar surface area (TPSA) is 37.2 Å². The van der Waals surface area contributed by atoms with Crippen LogP contribution in [0.2, 0.25) is 0 Å². The first-order chi connectivity index (χ1) is 9.20. The van der Waals surface area contributed by atoms with Gasteiger partial charge in [-0.05, 0) is 19.4 Å². The molecule has 106 valence electrons. The van der Waals surface area contributed by atoms with E-state index in [0.717, 1.165) is 37.7 Å². The molecule has 5 nitrogen and oxygen atoms in total. The van der Waals surface area contributed by atoms with Crippen LogP contribution in [0, 0.1) is 5.92 Å². The summed E-state index contributed by atoms with van der Waals surface area (Å²) in [5.41, 5.74) is 0. The van der Waals surface area contributed by atoms with E-state index in [0.29, 0.717) is 0 Å². The maximum absolute atomic E-state index is 4.72. The number of hydrogen-bond acceptors (Lipinski definition) is 4. The van der Waals surface area contributed by atoms with Crippen molar-refractivity contribution in [3.05, 3.63) is 11.6 Å². The zero-order valence-corrected chi connectivity index (χ0v) is 12.2. The fourth-order valence-electron chi connectivity index (χ4n) is 2.95. The van der Waals surface area contributed by atoms with Gasteiger partial charge in [-0.3, -0.25) is 0 Å². The first-order valence-electron chi connectivity index (χ1n) is 7.54. The Bertz CT molecular complexity index is 419. The molecule has 1 aromatic heterocycles. The molecule has 1 unspecified atom stereocenters. The van der Waals surface area contributed by atoms with Gasteiger partial charge in [0, 0.05) is 52.1 Å². The molecule has 5 heteroatoms. The Balaban J connectivity index is 1.53. The summed E-state index contributed by atoms with van der Waals surface area (Å²) in [6, 6.07) is 0. The number of aryl methyl sites for hydroxylation is 1. The van der Waals surface area contributed by atoms with Crippen molar-refractivity contribution < 1.29 is 0 Å². The van der Waals surface area contributed by atoms with Crippen molar-refractivity contribution in [1.82, 2.24) is 24.6 Å². The molecule has 0 radical (unpaired) electrons. The van der Waals surface area contributed by atoms with E-state index in [1.54, 1.807) is 0 Å². The molecule has 19 heavy (non-hydrogen) atoms. The predicted octanol–water partition coefficient (Wildman–Crippen LogP) is 0.650. The van der Waals surface area contributed by atoms with Crippen molar-refractivity contribution in [2.75, 3.05) is 39.8 Å². The highest BCUT2D eigenvalue weighted by atomic mass is 15.4. The first-order valence-corrected chi connectivity index (χ1v) is 7.54. The molecule has 3 heterocycles. The van der Waals surface area contributed by atoms with E-state index in [2.05, 4.69) is 33.6 Å². The molecule has 1 fully saturated rings. The van der Waals surface area contributed by atoms with Crippen LogP contribution in [0.4, 0.5) is 0 Å². The molecular formula is C14H25N5. The normalized spacial score (nSPS) is 25.5. The van der Waals surface area contributed by atoms with Crippen LogP contribution in [0.1, 0.15) is 25.0 Å². The number of aromatic nitrogens is 3. The molecule has 2 aliphatic heterocycles. The average molecular weight is 263 g/mol. The lowest BCUT2D eigenvalue weighted by Crippen LogP contribution is -2.45. The standard InChI is InChI=1S/C14H25N5/c1-12-3-6-19-14(11-12)15-13(16-19)4-5-18-9-7-17(2)8-10-18/h12H,3-11H2,1-2H3. The van der Waals surface area contributed by atoms with Gasteiger partial charge in [0.2, 0.25) is 0 Å². The van der Waals surface area contributed by atoms with Gasteiger partial charge in [-0.25, -0.2) is 9.67 Å². The Kier molecular flexibility index (Phi) is 3.84. The lowest BCUT2D eigenvalue weighted by molar-refractivity contribution is 0.155. The molecule has 0 N–H and O–H groups in total. The second-order valence-corrected chi connectivity index (χ2v) is 6.16. The van der Waals surface area contributed by atoms with Crippen molar-refractivity contribution in [2.45, 2.75) is 32.7 Å². The number of fused-ring (bicyclic) bond motifs is 1. The van der Waals surface area contributed by atoms with Crippen molar-refractivity contribution in [3.63, 3.8) is 0 Å². The van der Waals surface area contributed by atoms with Gasteiger partial charge in [-0.1, -0.05) is 6.92 Å². The highest BCUT2D eigenvalue weighted by Gasteiger charge is 2.19. The highest BCUT2D eigenvalue weighted by molar-refractivity contribution is 4.97. The van der Waals surface area contributed by atoms with Crippen LogP contribution >= 0.6 is 0 Å². The Morgan fingerprint density at radius 3 is 2.74 bits per heavy atom. The Labute approximate surface area is 115 Å². The number of nitrogens with zero attached hydrogens (tertiary/aromatic N) is 5. The van der Waals surface area contributed by atoms with E-state index in [1.165, 1.54) is 38.4 Å². The molecule has 0 aliphatic carbocycles. The van der Waals surface area contributed by atoms with Crippen molar-refractivity contribution in [1.29, 1.82) is 0 Å². The van der Waals surface area contributed by atoms with E-state index < -0.39 is 0 Å². The van der Waals surface area contributed by atoms with Crippen LogP contribution in [0.5, 0.6) is 0 Å². The molecule has 0 amide bonds. The van der Waals surface area contributed by atoms with Crippen molar-refractivity contribution in [2.24, 2.45) is 5.92 Å². The van der Waals surface area contributed by atoms with Crippen LogP contribution < -0.4 is 0 Å². The molecule has 0 saturated carbocycles. The lowest BCUT2D eigenvalue weighted by Gasteiger charge is -2.31. The van der Waals surface area contributed by atoms with Gasteiger partial charge in [0.1, 0.15) is 5.82 Å². The molecule has 3 rings (SSSR count). The van der Waals surface area contributed by atoms with E-state index >= 15 is 0 Å². The van der Waals surface area contributed by atoms with Gasteiger partial charge < -0.3 is 9.80 Å². The monoisotopic (exact) mass is 263 g/mol. The number of piperazine rings is 1. The average Bonchev–Trinajstić information content (AvgIpc) is 2.80. The quantitative estimate of drug-likeness (QED) is 0.802. The van der Waals surface area contributed by atoms with Crippen LogP contribution in [0.25, 0.3) is 0 Å². The van der Waals surface area contributed by atoms with Crippen LogP contribution in [0.3, 0.4) is 0 Å². The number of likely N-dealkylation sites (N-methyl/N-ethyl adjacent to an activating group) is 1. The first kappa shape index (κ1) is 13.1. The van der Waals surface area contributed by atoms with Gasteiger partial charge in [0.05, 0.1) is 0 Å². The third-order valence-electron chi connectivity index (χ3n) is 4.40. The highest BCUT2D eigenvalue weighted by Crippen LogP contribution is 2.18. The van der Waals surface area contributed by atoms with E-state index in [1.807, 2.05) is 0 Å². The predicted molar refractivity (Wildman–Crippen MR) is 75.1 cm³/mol. The minimum Gasteiger partial charge on any atom is -0.304 e. The van der Waals surface area contributed by atoms with Crippen molar-refractivity contribution in [3.8, 4) is 0 Å². The largest absolute Gasteiger partial charge is 0.304 e. The molecule has 0 spiro atoms. The lowest BCUT2D eigenvalue weighted by atomic mass is 10.0. The van der Waals surface area contributed by atoms with E-state index in [-0.39, 0.29) is 0 Å². The third-order valence-corrected chi connectivity index (χ3v) is 4.40. The van der Waals surface area contributed by atoms with Gasteiger partial charge in [-0.15, -0.1) is 0 Å². The Morgan fingerprint density at radius 2 is 1.95 bits per heavy atom. The van der Waals surface area contributed by atoms with E-state index in [4.69, 9.17) is 4.98 Å². The summed E-state index contributed by atoms with van der Waals surface area (Å²) < 4.78 is 2.12. The second-order valence-electron chi connectivity index (χ2n) is 6.16. The van der Waals surface area contributed by atoms with Gasteiger partial charge >= 0.3 is 0 Å². The molecule has 1 atom stereocenters. The van der Waals surface area contributed by atoms with Crippen LogP contribution in [-0.2, 0) is 19.4 Å². The summed E-state index contributed by atoms with van der Waals surface area (Å²) in [4.78, 5) is 9.64. The summed E-state index contributed by atoms with van der Waals surface area (Å²) in [6.07, 6.45) is 3.34. The molecule has 0 aromatic carbocycles. The molecule has 2 aliphatic rings. The summed E-state index contributed by atoms with van der Waals surface area (Å²) >= 11 is 0. The third kappa shape index (κ3) is 3.15. The minimum absolute atomic E-state index is 0.766. The number of hydrogen-bond donors (Lipinski definition) is 0. The smallest absolute Gasteiger partial charge is 0.152 e. The Morgan fingerprint density at radius 1 is 1.16 bits per heavy atom. The van der Waals surface area contributed by atoms with E-state index in [9.17, 15) is 0 Å². The zero-order chi connectivity index (χ0) is 13.2. The minimum atomic E-state index is 0.766. The summed E-state index contributed by atoms with van der Waals surface area (Å²) in [7, 11) is 2.20. The van der Waals surface area contributed by atoms with Gasteiger partial charge in [0.25, 0.3) is 0 Å². The fourth-order valence-corrected chi connectivity index (χ4v) is 2.95. The summed E-state index contributed by atoms with van der Waals surface area (Å²) in [5, 5.41) is 4.65. The summed E-state index contributed by atoms with van der Waals surface area (Å²) in [6.45, 7) is 9.20. The zero-order valence-electron chi connectivity index (χ0n) is 12.2. The molecular weight excluding hydrogens is 238 g/mol. The Hall–Kier alpha value is -0.940. The maximum Gasteiger partial charge on any atom is 0.152 e. The van der Waals surface area contributed by atoms with Crippen LogP contribution in [-0.4, -0.2) is 64.3 Å². The van der Waals surface area contributed by atoms with Gasteiger partial charge in [0.15, 0.2) is 5.82 Å². The van der Waals surface area contributed by atoms with Gasteiger partial charge in [-0.2, -0.15) is 5.10 Å². The second kappa shape index (κ2) is 5.59. The van der Waals surface area contributed by atoms with Crippen LogP contribution in [0.15, 0.2) is 0 Å². The molecule has 0 bridgehead atoms. The van der Waals surface area contributed by atoms with Crippen molar-refractivity contribution >= 4 is 0 Å². The number of rotatable bonds is 3.